The molecule has 0 radical (unpaired) electrons. The van der Waals surface area contributed by atoms with E-state index in [1.54, 1.807) is 0 Å². The summed E-state index contributed by atoms with van der Waals surface area (Å²) in [6.45, 7) is 2.56. The number of ether oxygens (including phenoxy) is 3. The van der Waals surface area contributed by atoms with Gasteiger partial charge in [0.25, 0.3) is 0 Å². The predicted octanol–water partition coefficient (Wildman–Crippen LogP) is 6.12. The number of nitrogens with zero attached hydrogens (tertiary/aromatic N) is 1. The molecule has 12 heteroatoms. The summed E-state index contributed by atoms with van der Waals surface area (Å²) in [4.78, 5) is 39.7. The van der Waals surface area contributed by atoms with Gasteiger partial charge in [-0.2, -0.15) is 0 Å². The highest BCUT2D eigenvalue weighted by Gasteiger charge is 2.53. The molecule has 0 unspecified atom stereocenters. The summed E-state index contributed by atoms with van der Waals surface area (Å²) < 4.78 is 17.0. The fraction of sp³-hybridized carbons (Fsp3) is 0.414. The number of benzene rings is 1. The maximum absolute atomic E-state index is 12.6. The summed E-state index contributed by atoms with van der Waals surface area (Å²) in [6.07, 6.45) is 3.49. The van der Waals surface area contributed by atoms with Gasteiger partial charge in [0, 0.05) is 12.6 Å². The summed E-state index contributed by atoms with van der Waals surface area (Å²) in [5, 5.41) is 16.9. The molecule has 2 N–H and O–H groups in total. The highest BCUT2D eigenvalue weighted by Crippen LogP contribution is 2.53. The maximum atomic E-state index is 12.6. The number of hydrogen-bond donors (Lipinski definition) is 2. The number of carboxylic acids is 1. The first-order valence-corrected chi connectivity index (χ1v) is 15.4. The van der Waals surface area contributed by atoms with Crippen LogP contribution in [0.2, 0.25) is 5.02 Å². The van der Waals surface area contributed by atoms with Crippen LogP contribution >= 0.6 is 34.3 Å². The highest BCUT2D eigenvalue weighted by molar-refractivity contribution is 7.12. The van der Waals surface area contributed by atoms with E-state index in [9.17, 15) is 19.5 Å². The number of likely N-dealkylation sites (tertiary alicyclic amines) is 1. The summed E-state index contributed by atoms with van der Waals surface area (Å²) in [5.41, 5.74) is -0.738. The number of aliphatic carboxylic acids is 1. The molecule has 41 heavy (non-hydrogen) atoms. The van der Waals surface area contributed by atoms with E-state index >= 15 is 0 Å². The molecule has 1 spiro atoms. The van der Waals surface area contributed by atoms with Crippen LogP contribution in [0.5, 0.6) is 5.75 Å². The van der Waals surface area contributed by atoms with E-state index in [1.807, 2.05) is 35.0 Å². The molecule has 1 aliphatic heterocycles. The van der Waals surface area contributed by atoms with Crippen LogP contribution in [0.15, 0.2) is 47.2 Å². The molecule has 3 aromatic rings. The number of carboxylic acid groups (broad SMARTS) is 1. The van der Waals surface area contributed by atoms with E-state index in [4.69, 9.17) is 25.8 Å². The lowest BCUT2D eigenvalue weighted by molar-refractivity contribution is -0.190. The molecule has 1 aliphatic carbocycles. The third-order valence-electron chi connectivity index (χ3n) is 7.94. The van der Waals surface area contributed by atoms with Crippen molar-refractivity contribution in [3.8, 4) is 5.75 Å². The maximum Gasteiger partial charge on any atom is 0.411 e. The molecule has 0 bridgehead atoms. The zero-order valence-electron chi connectivity index (χ0n) is 22.5. The Bertz CT molecular complexity index is 1330. The van der Waals surface area contributed by atoms with E-state index < -0.39 is 17.7 Å². The Kier molecular flexibility index (Phi) is 9.00. The number of aldehydes is 1. The van der Waals surface area contributed by atoms with Crippen molar-refractivity contribution in [1.29, 1.82) is 0 Å². The number of halogens is 1. The number of carbonyl (C=O) groups is 3. The minimum atomic E-state index is -1.47. The number of methoxy groups -OCH3 is 1. The monoisotopic (exact) mass is 618 g/mol. The zero-order chi connectivity index (χ0) is 29.0. The Hall–Kier alpha value is -2.96. The van der Waals surface area contributed by atoms with Gasteiger partial charge in [-0.25, -0.2) is 9.59 Å². The SMILES string of the molecule is COc1cc(NC(=O)OCCN2CCC3(CC2)CC(OC(C(=O)O)(c2cccs2)c2cccs2)C3)c(Cl)cc1C=O. The third kappa shape index (κ3) is 6.14. The lowest BCUT2D eigenvalue weighted by Crippen LogP contribution is -2.53. The second kappa shape index (κ2) is 12.5. The molecule has 3 heterocycles. The van der Waals surface area contributed by atoms with Crippen molar-refractivity contribution >= 4 is 58.3 Å². The van der Waals surface area contributed by atoms with Gasteiger partial charge in [0.05, 0.1) is 39.2 Å². The van der Waals surface area contributed by atoms with Crippen LogP contribution in [0.4, 0.5) is 10.5 Å². The number of anilines is 1. The molecular formula is C29H31ClN2O7S2. The molecule has 9 nitrogen and oxygen atoms in total. The van der Waals surface area contributed by atoms with E-state index in [2.05, 4.69) is 10.2 Å². The van der Waals surface area contributed by atoms with E-state index in [0.717, 1.165) is 38.8 Å². The normalized spacial score (nSPS) is 17.1. The van der Waals surface area contributed by atoms with Crippen LogP contribution in [0, 0.1) is 5.41 Å². The Morgan fingerprint density at radius 3 is 2.37 bits per heavy atom. The largest absolute Gasteiger partial charge is 0.496 e. The minimum Gasteiger partial charge on any atom is -0.496 e. The van der Waals surface area contributed by atoms with E-state index in [-0.39, 0.29) is 28.7 Å². The van der Waals surface area contributed by atoms with Gasteiger partial charge in [-0.3, -0.25) is 15.0 Å². The molecule has 2 aliphatic rings. The predicted molar refractivity (Wildman–Crippen MR) is 158 cm³/mol. The van der Waals surface area contributed by atoms with Crippen LogP contribution in [0.3, 0.4) is 0 Å². The van der Waals surface area contributed by atoms with Crippen LogP contribution in [-0.2, 0) is 19.9 Å². The summed E-state index contributed by atoms with van der Waals surface area (Å²) in [6, 6.07) is 10.3. The lowest BCUT2D eigenvalue weighted by Gasteiger charge is -2.53. The molecule has 5 rings (SSSR count). The second-order valence-electron chi connectivity index (χ2n) is 10.4. The van der Waals surface area contributed by atoms with Gasteiger partial charge >= 0.3 is 12.1 Å². The first kappa shape index (κ1) is 29.5. The second-order valence-corrected chi connectivity index (χ2v) is 12.7. The van der Waals surface area contributed by atoms with Crippen molar-refractivity contribution in [2.45, 2.75) is 37.4 Å². The number of carbonyl (C=O) groups excluding carboxylic acids is 2. The average molecular weight is 619 g/mol. The molecular weight excluding hydrogens is 588 g/mol. The van der Waals surface area contributed by atoms with E-state index in [1.165, 1.54) is 41.9 Å². The Balaban J connectivity index is 1.09. The van der Waals surface area contributed by atoms with Crippen molar-refractivity contribution < 1.29 is 33.7 Å². The highest BCUT2D eigenvalue weighted by atomic mass is 35.5. The van der Waals surface area contributed by atoms with Crippen molar-refractivity contribution in [2.24, 2.45) is 5.41 Å². The van der Waals surface area contributed by atoms with Crippen LogP contribution in [0.25, 0.3) is 0 Å². The minimum absolute atomic E-state index is 0.125. The number of nitrogens with one attached hydrogen (secondary N) is 1. The molecule has 0 atom stereocenters. The summed E-state index contributed by atoms with van der Waals surface area (Å²) >= 11 is 8.97. The molecule has 218 valence electrons. The van der Waals surface area contributed by atoms with Crippen molar-refractivity contribution in [3.05, 3.63) is 67.5 Å². The Morgan fingerprint density at radius 2 is 1.83 bits per heavy atom. The molecule has 2 fully saturated rings. The lowest BCUT2D eigenvalue weighted by atomic mass is 9.61. The van der Waals surface area contributed by atoms with Gasteiger partial charge in [-0.15, -0.1) is 22.7 Å². The van der Waals surface area contributed by atoms with E-state index in [0.29, 0.717) is 34.0 Å². The van der Waals surface area contributed by atoms with Gasteiger partial charge in [0.2, 0.25) is 5.60 Å². The van der Waals surface area contributed by atoms with Gasteiger partial charge in [0.15, 0.2) is 6.29 Å². The average Bonchev–Trinajstić information content (AvgIpc) is 3.68. The fourth-order valence-corrected chi connectivity index (χ4v) is 7.73. The summed E-state index contributed by atoms with van der Waals surface area (Å²) in [7, 11) is 1.43. The number of hydrogen-bond acceptors (Lipinski definition) is 9. The molecule has 1 saturated heterocycles. The molecule has 2 aromatic heterocycles. The van der Waals surface area contributed by atoms with Crippen LogP contribution in [-0.4, -0.2) is 67.8 Å². The fourth-order valence-electron chi connectivity index (χ4n) is 5.70. The van der Waals surface area contributed by atoms with Crippen LogP contribution in [0.1, 0.15) is 45.8 Å². The standard InChI is InChI=1S/C29H31ClN2O7S2/c1-37-23-15-22(21(30)14-19(23)18-33)31-27(36)38-11-10-32-8-6-28(7-9-32)16-20(17-28)39-29(26(34)35,24-4-2-12-40-24)25-5-3-13-41-25/h2-5,12-15,18,20H,6-11,16-17H2,1H3,(H,31,36)(H,34,35). The van der Waals surface area contributed by atoms with Crippen molar-refractivity contribution in [2.75, 3.05) is 38.7 Å². The first-order chi connectivity index (χ1) is 19.8. The third-order valence-corrected chi connectivity index (χ3v) is 10.2. The number of thiophene rings is 2. The Morgan fingerprint density at radius 1 is 1.17 bits per heavy atom. The number of piperidine rings is 1. The van der Waals surface area contributed by atoms with Gasteiger partial charge < -0.3 is 19.3 Å². The van der Waals surface area contributed by atoms with Gasteiger partial charge in [-0.05, 0) is 73.1 Å². The first-order valence-electron chi connectivity index (χ1n) is 13.3. The summed E-state index contributed by atoms with van der Waals surface area (Å²) in [5.74, 6) is -0.682. The smallest absolute Gasteiger partial charge is 0.411 e. The zero-order valence-corrected chi connectivity index (χ0v) is 24.9. The van der Waals surface area contributed by atoms with Gasteiger partial charge in [-0.1, -0.05) is 23.7 Å². The Labute approximate surface area is 251 Å². The molecule has 1 aromatic carbocycles. The number of amides is 1. The molecule has 1 amide bonds. The topological polar surface area (TPSA) is 114 Å². The molecule has 1 saturated carbocycles. The van der Waals surface area contributed by atoms with Crippen molar-refractivity contribution in [1.82, 2.24) is 4.90 Å². The quantitative estimate of drug-likeness (QED) is 0.247. The van der Waals surface area contributed by atoms with Crippen LogP contribution < -0.4 is 10.1 Å². The van der Waals surface area contributed by atoms with Crippen molar-refractivity contribution in [3.63, 3.8) is 0 Å². The number of rotatable bonds is 11. The van der Waals surface area contributed by atoms with Gasteiger partial charge in [0.1, 0.15) is 12.4 Å².